The lowest BCUT2D eigenvalue weighted by atomic mass is 10.2. The molecular formula is C14H13N3O2S. The Morgan fingerprint density at radius 2 is 2.30 bits per heavy atom. The number of hydrogen-bond acceptors (Lipinski definition) is 5. The molecule has 20 heavy (non-hydrogen) atoms. The first kappa shape index (κ1) is 14.2. The molecule has 0 bridgehead atoms. The van der Waals surface area contributed by atoms with Crippen molar-refractivity contribution in [3.8, 4) is 11.8 Å². The van der Waals surface area contributed by atoms with E-state index in [1.54, 1.807) is 6.20 Å². The second-order valence-electron chi connectivity index (χ2n) is 3.94. The Balaban J connectivity index is 2.00. The molecule has 2 aromatic heterocycles. The zero-order valence-corrected chi connectivity index (χ0v) is 11.7. The second-order valence-corrected chi connectivity index (χ2v) is 4.94. The lowest BCUT2D eigenvalue weighted by Gasteiger charge is -2.03. The van der Waals surface area contributed by atoms with Crippen molar-refractivity contribution in [3.05, 3.63) is 45.7 Å². The molecule has 0 unspecified atom stereocenters. The van der Waals surface area contributed by atoms with Gasteiger partial charge in [-0.1, -0.05) is 11.8 Å². The molecule has 0 fully saturated rings. The lowest BCUT2D eigenvalue weighted by molar-refractivity contribution is 0.0946. The van der Waals surface area contributed by atoms with Gasteiger partial charge >= 0.3 is 0 Å². The predicted octanol–water partition coefficient (Wildman–Crippen LogP) is 1.12. The molecule has 0 spiro atoms. The first-order valence-electron chi connectivity index (χ1n) is 5.93. The van der Waals surface area contributed by atoms with E-state index in [9.17, 15) is 4.79 Å². The Hall–Kier alpha value is -2.23. The Morgan fingerprint density at radius 3 is 3.00 bits per heavy atom. The predicted molar refractivity (Wildman–Crippen MR) is 76.2 cm³/mol. The fourth-order valence-electron chi connectivity index (χ4n) is 1.48. The number of thiophene rings is 1. The number of aliphatic hydroxyl groups is 1. The van der Waals surface area contributed by atoms with Gasteiger partial charge in [0.15, 0.2) is 0 Å². The summed E-state index contributed by atoms with van der Waals surface area (Å²) in [6.45, 7) is 2.01. The van der Waals surface area contributed by atoms with E-state index in [-0.39, 0.29) is 18.2 Å². The van der Waals surface area contributed by atoms with Crippen LogP contribution in [0.4, 0.5) is 0 Å². The minimum atomic E-state index is -0.271. The van der Waals surface area contributed by atoms with Crippen LogP contribution in [0.5, 0.6) is 0 Å². The summed E-state index contributed by atoms with van der Waals surface area (Å²) in [5.74, 6) is 5.17. The summed E-state index contributed by atoms with van der Waals surface area (Å²) < 4.78 is 0. The highest BCUT2D eigenvalue weighted by atomic mass is 32.1. The topological polar surface area (TPSA) is 75.1 Å². The van der Waals surface area contributed by atoms with Crippen molar-refractivity contribution in [2.45, 2.75) is 13.5 Å². The molecule has 0 aliphatic carbocycles. The number of nitrogens with zero attached hydrogens (tertiary/aromatic N) is 2. The van der Waals surface area contributed by atoms with Crippen molar-refractivity contribution in [1.82, 2.24) is 15.3 Å². The second kappa shape index (κ2) is 6.80. The number of carbonyl (C=O) groups is 1. The van der Waals surface area contributed by atoms with Crippen molar-refractivity contribution in [3.63, 3.8) is 0 Å². The Labute approximate surface area is 120 Å². The third kappa shape index (κ3) is 3.63. The van der Waals surface area contributed by atoms with E-state index >= 15 is 0 Å². The number of amides is 1. The van der Waals surface area contributed by atoms with E-state index in [0.717, 1.165) is 16.1 Å². The van der Waals surface area contributed by atoms with Gasteiger partial charge in [-0.3, -0.25) is 9.78 Å². The van der Waals surface area contributed by atoms with Gasteiger partial charge < -0.3 is 10.4 Å². The fraction of sp³-hybridized carbons (Fsp3) is 0.214. The molecule has 0 atom stereocenters. The monoisotopic (exact) mass is 287 g/mol. The molecule has 0 saturated carbocycles. The molecule has 1 amide bonds. The maximum absolute atomic E-state index is 11.9. The highest BCUT2D eigenvalue weighted by Crippen LogP contribution is 2.15. The number of hydrogen-bond donors (Lipinski definition) is 2. The van der Waals surface area contributed by atoms with Crippen LogP contribution in [0.2, 0.25) is 0 Å². The molecule has 2 N–H and O–H groups in total. The Kier molecular flexibility index (Phi) is 4.82. The summed E-state index contributed by atoms with van der Waals surface area (Å²) >= 11 is 1.50. The summed E-state index contributed by atoms with van der Waals surface area (Å²) in [4.78, 5) is 20.9. The molecule has 0 radical (unpaired) electrons. The first-order valence-corrected chi connectivity index (χ1v) is 6.81. The van der Waals surface area contributed by atoms with Crippen LogP contribution in [0.3, 0.4) is 0 Å². The number of aryl methyl sites for hydroxylation is 1. The molecule has 6 heteroatoms. The molecule has 102 valence electrons. The standard InChI is InChI=1S/C14H13N3O2S/c1-10-7-16-12(8-15-10)14(19)17-9-13-11(3-2-5-18)4-6-20-13/h4,6-8,18H,5,9H2,1H3,(H,17,19). The summed E-state index contributed by atoms with van der Waals surface area (Å²) in [5, 5.41) is 13.4. The average Bonchev–Trinajstić information content (AvgIpc) is 2.90. The number of aliphatic hydroxyl groups excluding tert-OH is 1. The van der Waals surface area contributed by atoms with Crippen molar-refractivity contribution >= 4 is 17.2 Å². The van der Waals surface area contributed by atoms with Crippen molar-refractivity contribution < 1.29 is 9.90 Å². The van der Waals surface area contributed by atoms with E-state index in [2.05, 4.69) is 27.1 Å². The maximum atomic E-state index is 11.9. The van der Waals surface area contributed by atoms with Crippen LogP contribution in [0, 0.1) is 18.8 Å². The highest BCUT2D eigenvalue weighted by Gasteiger charge is 2.09. The van der Waals surface area contributed by atoms with Crippen LogP contribution in [-0.4, -0.2) is 27.6 Å². The van der Waals surface area contributed by atoms with Gasteiger partial charge in [0.2, 0.25) is 0 Å². The van der Waals surface area contributed by atoms with Gasteiger partial charge in [0.25, 0.3) is 5.91 Å². The van der Waals surface area contributed by atoms with E-state index < -0.39 is 0 Å². The fourth-order valence-corrected chi connectivity index (χ4v) is 2.25. The SMILES string of the molecule is Cc1cnc(C(=O)NCc2sccc2C#CCO)cn1. The zero-order valence-electron chi connectivity index (χ0n) is 10.9. The quantitative estimate of drug-likeness (QED) is 0.830. The van der Waals surface area contributed by atoms with Crippen molar-refractivity contribution in [1.29, 1.82) is 0 Å². The van der Waals surface area contributed by atoms with Gasteiger partial charge in [-0.05, 0) is 18.4 Å². The number of rotatable bonds is 3. The molecule has 0 aromatic carbocycles. The summed E-state index contributed by atoms with van der Waals surface area (Å²) in [5.41, 5.74) is 1.87. The van der Waals surface area contributed by atoms with Gasteiger partial charge in [0.1, 0.15) is 12.3 Å². The van der Waals surface area contributed by atoms with Gasteiger partial charge in [0.05, 0.1) is 18.4 Å². The molecule has 2 aromatic rings. The van der Waals surface area contributed by atoms with Crippen LogP contribution < -0.4 is 5.32 Å². The molecule has 5 nitrogen and oxygen atoms in total. The Bertz CT molecular complexity index is 653. The minimum Gasteiger partial charge on any atom is -0.384 e. The summed E-state index contributed by atoms with van der Waals surface area (Å²) in [7, 11) is 0. The maximum Gasteiger partial charge on any atom is 0.271 e. The van der Waals surface area contributed by atoms with Crippen LogP contribution >= 0.6 is 11.3 Å². The third-order valence-corrected chi connectivity index (χ3v) is 3.39. The highest BCUT2D eigenvalue weighted by molar-refractivity contribution is 7.10. The number of aromatic nitrogens is 2. The summed E-state index contributed by atoms with van der Waals surface area (Å²) in [6, 6.07) is 1.86. The Morgan fingerprint density at radius 1 is 1.45 bits per heavy atom. The molecular weight excluding hydrogens is 274 g/mol. The van der Waals surface area contributed by atoms with Crippen molar-refractivity contribution in [2.24, 2.45) is 0 Å². The largest absolute Gasteiger partial charge is 0.384 e. The molecule has 0 aliphatic rings. The molecule has 2 heterocycles. The van der Waals surface area contributed by atoms with Crippen molar-refractivity contribution in [2.75, 3.05) is 6.61 Å². The zero-order chi connectivity index (χ0) is 14.4. The van der Waals surface area contributed by atoms with Crippen LogP contribution in [0.1, 0.15) is 26.6 Å². The van der Waals surface area contributed by atoms with E-state index in [1.807, 2.05) is 18.4 Å². The van der Waals surface area contributed by atoms with E-state index in [4.69, 9.17) is 5.11 Å². The van der Waals surface area contributed by atoms with E-state index in [0.29, 0.717) is 6.54 Å². The van der Waals surface area contributed by atoms with Crippen LogP contribution in [0.15, 0.2) is 23.8 Å². The number of nitrogens with one attached hydrogen (secondary N) is 1. The smallest absolute Gasteiger partial charge is 0.271 e. The molecule has 0 saturated heterocycles. The molecule has 0 aliphatic heterocycles. The van der Waals surface area contributed by atoms with Crippen LogP contribution in [-0.2, 0) is 6.54 Å². The third-order valence-electron chi connectivity index (χ3n) is 2.47. The minimum absolute atomic E-state index is 0.180. The van der Waals surface area contributed by atoms with Gasteiger partial charge in [0, 0.05) is 16.6 Å². The van der Waals surface area contributed by atoms with Gasteiger partial charge in [-0.25, -0.2) is 4.98 Å². The van der Waals surface area contributed by atoms with Crippen LogP contribution in [0.25, 0.3) is 0 Å². The average molecular weight is 287 g/mol. The first-order chi connectivity index (χ1) is 9.70. The van der Waals surface area contributed by atoms with Gasteiger partial charge in [-0.15, -0.1) is 11.3 Å². The summed E-state index contributed by atoms with van der Waals surface area (Å²) in [6.07, 6.45) is 3.00. The van der Waals surface area contributed by atoms with Gasteiger partial charge in [-0.2, -0.15) is 0 Å². The lowest BCUT2D eigenvalue weighted by Crippen LogP contribution is -2.23. The van der Waals surface area contributed by atoms with E-state index in [1.165, 1.54) is 17.5 Å². The normalized spacial score (nSPS) is 9.70. The number of carbonyl (C=O) groups excluding carboxylic acids is 1. The molecule has 2 rings (SSSR count).